The van der Waals surface area contributed by atoms with Gasteiger partial charge in [0.05, 0.1) is 18.8 Å². The van der Waals surface area contributed by atoms with E-state index in [0.29, 0.717) is 0 Å². The van der Waals surface area contributed by atoms with Gasteiger partial charge >= 0.3 is 0 Å². The molecule has 1 heterocycles. The summed E-state index contributed by atoms with van der Waals surface area (Å²) in [7, 11) is 1.69. The van der Waals surface area contributed by atoms with Gasteiger partial charge in [0.1, 0.15) is 5.75 Å². The number of methoxy groups -OCH3 is 1. The predicted octanol–water partition coefficient (Wildman–Crippen LogP) is 6.50. The van der Waals surface area contributed by atoms with E-state index in [1.165, 1.54) is 11.3 Å². The standard InChI is InChI=1S/C28H31N3O/c1-4-29(5-2)25-15-13-24(14-16-25)28-20-22-30(31(28)26-9-7-6-8-10-26)21-19-23-11-17-27(32-3)18-12-23/h6-22,28H,4-5H2,1-3H3. The fourth-order valence-electron chi connectivity index (χ4n) is 4.06. The number of rotatable bonds is 8. The van der Waals surface area contributed by atoms with Gasteiger partial charge in [-0.1, -0.05) is 42.5 Å². The van der Waals surface area contributed by atoms with Crippen LogP contribution in [0.2, 0.25) is 0 Å². The van der Waals surface area contributed by atoms with E-state index in [1.54, 1.807) is 7.11 Å². The molecule has 1 atom stereocenters. The molecule has 0 saturated heterocycles. The van der Waals surface area contributed by atoms with E-state index in [0.717, 1.165) is 30.1 Å². The zero-order valence-corrected chi connectivity index (χ0v) is 19.1. The van der Waals surface area contributed by atoms with Crippen LogP contribution in [0.15, 0.2) is 97.3 Å². The maximum atomic E-state index is 5.27. The van der Waals surface area contributed by atoms with Crippen LogP contribution in [0.1, 0.15) is 31.0 Å². The average Bonchev–Trinajstić information content (AvgIpc) is 3.29. The lowest BCUT2D eigenvalue weighted by molar-refractivity contribution is 0.415. The SMILES string of the molecule is CCN(CC)c1ccc(C2C=CN(C=Cc3ccc(OC)cc3)N2c2ccccc2)cc1. The fraction of sp³-hybridized carbons (Fsp3) is 0.214. The summed E-state index contributed by atoms with van der Waals surface area (Å²) < 4.78 is 5.27. The third kappa shape index (κ3) is 4.65. The van der Waals surface area contributed by atoms with Crippen LogP contribution in [0.3, 0.4) is 0 Å². The molecule has 0 fully saturated rings. The highest BCUT2D eigenvalue weighted by atomic mass is 16.5. The fourth-order valence-corrected chi connectivity index (χ4v) is 4.06. The Morgan fingerprint density at radius 1 is 0.875 bits per heavy atom. The quantitative estimate of drug-likeness (QED) is 0.410. The van der Waals surface area contributed by atoms with Gasteiger partial charge < -0.3 is 9.64 Å². The van der Waals surface area contributed by atoms with E-state index in [2.05, 4.69) is 120 Å². The third-order valence-electron chi connectivity index (χ3n) is 5.85. The molecule has 164 valence electrons. The average molecular weight is 426 g/mol. The second-order valence-electron chi connectivity index (χ2n) is 7.70. The molecule has 4 heteroatoms. The molecule has 0 aliphatic carbocycles. The predicted molar refractivity (Wildman–Crippen MR) is 135 cm³/mol. The Labute approximate surface area is 191 Å². The van der Waals surface area contributed by atoms with Crippen molar-refractivity contribution in [2.75, 3.05) is 30.1 Å². The molecule has 0 bridgehead atoms. The van der Waals surface area contributed by atoms with Crippen molar-refractivity contribution in [1.82, 2.24) is 5.01 Å². The topological polar surface area (TPSA) is 19.0 Å². The summed E-state index contributed by atoms with van der Waals surface area (Å²) in [5, 5.41) is 4.47. The Morgan fingerprint density at radius 3 is 2.19 bits per heavy atom. The summed E-state index contributed by atoms with van der Waals surface area (Å²) in [6.45, 7) is 6.42. The van der Waals surface area contributed by atoms with Crippen LogP contribution in [0.4, 0.5) is 11.4 Å². The van der Waals surface area contributed by atoms with Crippen LogP contribution in [-0.2, 0) is 0 Å². The minimum atomic E-state index is 0.128. The Balaban J connectivity index is 1.60. The lowest BCUT2D eigenvalue weighted by atomic mass is 10.1. The number of anilines is 2. The molecular weight excluding hydrogens is 394 g/mol. The zero-order valence-electron chi connectivity index (χ0n) is 19.1. The van der Waals surface area contributed by atoms with Gasteiger partial charge in [-0.05, 0) is 73.5 Å². The Bertz CT molecular complexity index is 1040. The summed E-state index contributed by atoms with van der Waals surface area (Å²) in [6.07, 6.45) is 8.61. The highest BCUT2D eigenvalue weighted by molar-refractivity contribution is 5.56. The summed E-state index contributed by atoms with van der Waals surface area (Å²) in [5.41, 5.74) is 4.80. The molecule has 0 saturated carbocycles. The van der Waals surface area contributed by atoms with Gasteiger partial charge in [-0.3, -0.25) is 10.0 Å². The number of ether oxygens (including phenoxy) is 1. The molecule has 4 nitrogen and oxygen atoms in total. The largest absolute Gasteiger partial charge is 0.497 e. The maximum Gasteiger partial charge on any atom is 0.118 e. The molecule has 4 rings (SSSR count). The highest BCUT2D eigenvalue weighted by Crippen LogP contribution is 2.35. The Kier molecular flexibility index (Phi) is 6.81. The van der Waals surface area contributed by atoms with Crippen molar-refractivity contribution in [2.45, 2.75) is 19.9 Å². The summed E-state index contributed by atoms with van der Waals surface area (Å²) in [6, 6.07) is 27.7. The Hall–Kier alpha value is -3.66. The molecule has 0 spiro atoms. The van der Waals surface area contributed by atoms with Crippen LogP contribution >= 0.6 is 0 Å². The number of hydrogen-bond donors (Lipinski definition) is 0. The van der Waals surface area contributed by atoms with E-state index in [4.69, 9.17) is 4.74 Å². The van der Waals surface area contributed by atoms with Crippen molar-refractivity contribution in [3.05, 3.63) is 108 Å². The lowest BCUT2D eigenvalue weighted by Gasteiger charge is -2.34. The van der Waals surface area contributed by atoms with Crippen molar-refractivity contribution in [2.24, 2.45) is 0 Å². The molecule has 1 aliphatic rings. The first-order valence-corrected chi connectivity index (χ1v) is 11.2. The number of nitrogens with zero attached hydrogens (tertiary/aromatic N) is 3. The van der Waals surface area contributed by atoms with Crippen molar-refractivity contribution in [3.63, 3.8) is 0 Å². The maximum absolute atomic E-state index is 5.27. The zero-order chi connectivity index (χ0) is 22.3. The van der Waals surface area contributed by atoms with E-state index in [-0.39, 0.29) is 6.04 Å². The molecule has 1 aliphatic heterocycles. The van der Waals surface area contributed by atoms with Gasteiger partial charge in [-0.2, -0.15) is 0 Å². The van der Waals surface area contributed by atoms with Crippen LogP contribution in [0.5, 0.6) is 5.75 Å². The molecule has 1 unspecified atom stereocenters. The van der Waals surface area contributed by atoms with Crippen molar-refractivity contribution >= 4 is 17.5 Å². The molecule has 0 amide bonds. The van der Waals surface area contributed by atoms with Gasteiger partial charge in [0.2, 0.25) is 0 Å². The number of para-hydroxylation sites is 1. The number of hydrazine groups is 1. The number of hydrogen-bond acceptors (Lipinski definition) is 4. The first kappa shape index (κ1) is 21.6. The van der Waals surface area contributed by atoms with Gasteiger partial charge in [0.15, 0.2) is 0 Å². The van der Waals surface area contributed by atoms with Crippen LogP contribution in [0, 0.1) is 0 Å². The van der Waals surface area contributed by atoms with Gasteiger partial charge in [-0.15, -0.1) is 0 Å². The van der Waals surface area contributed by atoms with E-state index >= 15 is 0 Å². The first-order chi connectivity index (χ1) is 15.7. The smallest absolute Gasteiger partial charge is 0.118 e. The number of benzene rings is 3. The van der Waals surface area contributed by atoms with Crippen LogP contribution in [0.25, 0.3) is 6.08 Å². The minimum absolute atomic E-state index is 0.128. The molecule has 32 heavy (non-hydrogen) atoms. The summed E-state index contributed by atoms with van der Waals surface area (Å²) in [4.78, 5) is 2.37. The van der Waals surface area contributed by atoms with E-state index in [1.807, 2.05) is 12.1 Å². The van der Waals surface area contributed by atoms with Gasteiger partial charge in [0, 0.05) is 31.2 Å². The second kappa shape index (κ2) is 10.1. The second-order valence-corrected chi connectivity index (χ2v) is 7.70. The monoisotopic (exact) mass is 425 g/mol. The molecule has 3 aromatic rings. The van der Waals surface area contributed by atoms with Crippen LogP contribution in [-0.4, -0.2) is 25.2 Å². The first-order valence-electron chi connectivity index (χ1n) is 11.2. The summed E-state index contributed by atoms with van der Waals surface area (Å²) in [5.74, 6) is 0.863. The normalized spacial score (nSPS) is 15.5. The van der Waals surface area contributed by atoms with Crippen molar-refractivity contribution < 1.29 is 4.74 Å². The van der Waals surface area contributed by atoms with E-state index < -0.39 is 0 Å². The van der Waals surface area contributed by atoms with Crippen molar-refractivity contribution in [3.8, 4) is 5.75 Å². The van der Waals surface area contributed by atoms with Crippen LogP contribution < -0.4 is 14.6 Å². The van der Waals surface area contributed by atoms with Gasteiger partial charge in [0.25, 0.3) is 0 Å². The lowest BCUT2D eigenvalue weighted by Crippen LogP contribution is -2.33. The molecule has 0 N–H and O–H groups in total. The van der Waals surface area contributed by atoms with Gasteiger partial charge in [-0.25, -0.2) is 0 Å². The third-order valence-corrected chi connectivity index (χ3v) is 5.85. The molecule has 3 aromatic carbocycles. The molecule has 0 radical (unpaired) electrons. The Morgan fingerprint density at radius 2 is 1.56 bits per heavy atom. The highest BCUT2D eigenvalue weighted by Gasteiger charge is 2.27. The minimum Gasteiger partial charge on any atom is -0.497 e. The summed E-state index contributed by atoms with van der Waals surface area (Å²) >= 11 is 0. The van der Waals surface area contributed by atoms with Crippen molar-refractivity contribution in [1.29, 1.82) is 0 Å². The molecule has 0 aromatic heterocycles. The van der Waals surface area contributed by atoms with E-state index in [9.17, 15) is 0 Å². The molecular formula is C28H31N3O.